The molecule has 300 valence electrons. The number of aromatic nitrogens is 4. The van der Waals surface area contributed by atoms with Gasteiger partial charge in [0.15, 0.2) is 0 Å². The number of methoxy groups -OCH3 is 2. The van der Waals surface area contributed by atoms with Gasteiger partial charge in [-0.25, -0.2) is 0 Å². The van der Waals surface area contributed by atoms with Gasteiger partial charge in [-0.15, -0.1) is 10.2 Å². The molecule has 6 aliphatic heterocycles. The number of rotatable bonds is 12. The average Bonchev–Trinajstić information content (AvgIpc) is 3.29. The van der Waals surface area contributed by atoms with Crippen LogP contribution in [0.3, 0.4) is 0 Å². The van der Waals surface area contributed by atoms with Gasteiger partial charge in [0.25, 0.3) is 0 Å². The fourth-order valence-electron chi connectivity index (χ4n) is 11.1. The molecule has 6 aromatic rings. The van der Waals surface area contributed by atoms with Gasteiger partial charge >= 0.3 is 0 Å². The lowest BCUT2D eigenvalue weighted by Crippen LogP contribution is -2.56. The first-order valence-corrected chi connectivity index (χ1v) is 21.5. The maximum Gasteiger partial charge on any atom is 0.242 e. The molecule has 0 aliphatic carbocycles. The second-order valence-electron chi connectivity index (χ2n) is 17.0. The van der Waals surface area contributed by atoms with Gasteiger partial charge in [-0.3, -0.25) is 19.8 Å². The maximum absolute atomic E-state index is 7.30. The Morgan fingerprint density at radius 3 is 1.47 bits per heavy atom. The summed E-state index contributed by atoms with van der Waals surface area (Å²) in [6.45, 7) is 9.00. The highest BCUT2D eigenvalue weighted by molar-refractivity contribution is 5.91. The molecule has 6 unspecified atom stereocenters. The van der Waals surface area contributed by atoms with Gasteiger partial charge in [0.2, 0.25) is 11.8 Å². The topological polar surface area (TPSA) is 95.0 Å². The Morgan fingerprint density at radius 2 is 1.07 bits per heavy atom. The zero-order chi connectivity index (χ0) is 39.3. The Morgan fingerprint density at radius 1 is 0.603 bits per heavy atom. The van der Waals surface area contributed by atoms with Crippen LogP contribution in [0.2, 0.25) is 0 Å². The Hall–Kier alpha value is -5.06. The molecule has 3 aromatic heterocycles. The van der Waals surface area contributed by atoms with E-state index in [1.54, 1.807) is 14.2 Å². The van der Waals surface area contributed by atoms with E-state index in [0.717, 1.165) is 94.2 Å². The highest BCUT2D eigenvalue weighted by atomic mass is 16.5. The van der Waals surface area contributed by atoms with Crippen molar-refractivity contribution in [2.45, 2.75) is 76.7 Å². The summed E-state index contributed by atoms with van der Waals surface area (Å²) in [7, 11) is 3.42. The van der Waals surface area contributed by atoms with Gasteiger partial charge in [0.1, 0.15) is 23.7 Å². The molecule has 10 nitrogen and oxygen atoms in total. The predicted molar refractivity (Wildman–Crippen MR) is 227 cm³/mol. The molecule has 0 saturated carbocycles. The van der Waals surface area contributed by atoms with Gasteiger partial charge in [-0.2, -0.15) is 0 Å². The van der Waals surface area contributed by atoms with E-state index in [1.807, 2.05) is 36.7 Å². The van der Waals surface area contributed by atoms with E-state index in [-0.39, 0.29) is 24.3 Å². The van der Waals surface area contributed by atoms with Crippen LogP contribution in [-0.4, -0.2) is 82.4 Å². The van der Waals surface area contributed by atoms with Crippen molar-refractivity contribution in [3.63, 3.8) is 0 Å². The van der Waals surface area contributed by atoms with Crippen molar-refractivity contribution >= 4 is 32.6 Å². The number of hydrogen-bond acceptors (Lipinski definition) is 10. The van der Waals surface area contributed by atoms with E-state index in [9.17, 15) is 0 Å². The average molecular weight is 779 g/mol. The molecule has 10 atom stereocenters. The normalized spacial score (nSPS) is 27.4. The van der Waals surface area contributed by atoms with Gasteiger partial charge in [0.05, 0.1) is 48.1 Å². The molecule has 0 radical (unpaired) electrons. The number of ether oxygens (including phenoxy) is 4. The summed E-state index contributed by atoms with van der Waals surface area (Å²) in [5, 5.41) is 13.7. The van der Waals surface area contributed by atoms with E-state index in [1.165, 1.54) is 25.7 Å². The van der Waals surface area contributed by atoms with Crippen LogP contribution in [0.15, 0.2) is 85.2 Å². The summed E-state index contributed by atoms with van der Waals surface area (Å²) in [6.07, 6.45) is 10.2. The molecule has 58 heavy (non-hydrogen) atoms. The molecule has 10 heteroatoms. The highest BCUT2D eigenvalue weighted by Gasteiger charge is 2.46. The zero-order valence-electron chi connectivity index (χ0n) is 34.1. The fourth-order valence-corrected chi connectivity index (χ4v) is 11.1. The third-order valence-corrected chi connectivity index (χ3v) is 14.3. The van der Waals surface area contributed by atoms with Crippen molar-refractivity contribution in [3.8, 4) is 23.3 Å². The predicted octanol–water partition coefficient (Wildman–Crippen LogP) is 9.22. The number of nitrogens with zero attached hydrogens (tertiary/aromatic N) is 6. The molecule has 6 saturated heterocycles. The van der Waals surface area contributed by atoms with Gasteiger partial charge < -0.3 is 18.9 Å². The quantitative estimate of drug-likeness (QED) is 0.120. The van der Waals surface area contributed by atoms with Crippen LogP contribution in [0.5, 0.6) is 23.3 Å². The Labute approximate surface area is 340 Å². The Kier molecular flexibility index (Phi) is 10.0. The molecule has 0 amide bonds. The van der Waals surface area contributed by atoms with Crippen molar-refractivity contribution < 1.29 is 18.9 Å². The summed E-state index contributed by atoms with van der Waals surface area (Å²) in [4.78, 5) is 14.8. The lowest BCUT2D eigenvalue weighted by molar-refractivity contribution is -0.0505. The molecule has 4 bridgehead atoms. The summed E-state index contributed by atoms with van der Waals surface area (Å²) in [5.74, 6) is 5.39. The maximum atomic E-state index is 7.30. The molecule has 0 spiro atoms. The third kappa shape index (κ3) is 6.58. The van der Waals surface area contributed by atoms with Crippen molar-refractivity contribution in [2.75, 3.05) is 40.4 Å². The lowest BCUT2D eigenvalue weighted by Gasteiger charge is -2.52. The largest absolute Gasteiger partial charge is 0.497 e. The lowest BCUT2D eigenvalue weighted by atomic mass is 9.72. The summed E-state index contributed by atoms with van der Waals surface area (Å²) < 4.78 is 26.0. The van der Waals surface area contributed by atoms with Gasteiger partial charge in [-0.05, 0) is 123 Å². The van der Waals surface area contributed by atoms with Gasteiger partial charge in [0, 0.05) is 47.4 Å². The van der Waals surface area contributed by atoms with Crippen LogP contribution in [0.25, 0.3) is 32.6 Å². The van der Waals surface area contributed by atoms with Crippen LogP contribution < -0.4 is 18.9 Å². The molecular formula is C48H54N6O4. The minimum Gasteiger partial charge on any atom is -0.497 e. The van der Waals surface area contributed by atoms with Crippen LogP contribution in [0.1, 0.15) is 75.7 Å². The van der Waals surface area contributed by atoms with Crippen molar-refractivity contribution in [1.82, 2.24) is 30.0 Å². The van der Waals surface area contributed by atoms with E-state index in [2.05, 4.69) is 72.2 Å². The zero-order valence-corrected chi connectivity index (χ0v) is 34.1. The molecule has 9 heterocycles. The number of fused-ring (bicyclic) bond motifs is 9. The molecule has 12 rings (SSSR count). The molecule has 6 aliphatic rings. The second kappa shape index (κ2) is 15.6. The Balaban J connectivity index is 1.06. The van der Waals surface area contributed by atoms with Crippen molar-refractivity contribution in [1.29, 1.82) is 0 Å². The highest BCUT2D eigenvalue weighted by Crippen LogP contribution is 2.47. The number of benzene rings is 3. The number of piperidine rings is 6. The molecule has 0 N–H and O–H groups in total. The molecular weight excluding hydrogens is 725 g/mol. The Bertz CT molecular complexity index is 2280. The number of hydrogen-bond donors (Lipinski definition) is 0. The van der Waals surface area contributed by atoms with Crippen LogP contribution in [0, 0.1) is 23.7 Å². The van der Waals surface area contributed by atoms with E-state index in [4.69, 9.17) is 39.1 Å². The minimum atomic E-state index is -0.300. The smallest absolute Gasteiger partial charge is 0.242 e. The molecule has 6 fully saturated rings. The second-order valence-corrected chi connectivity index (χ2v) is 17.0. The van der Waals surface area contributed by atoms with Gasteiger partial charge in [-0.1, -0.05) is 38.8 Å². The first kappa shape index (κ1) is 37.2. The summed E-state index contributed by atoms with van der Waals surface area (Å²) >= 11 is 0. The molecule has 3 aromatic carbocycles. The first-order valence-electron chi connectivity index (χ1n) is 21.5. The minimum absolute atomic E-state index is 0.180. The third-order valence-electron chi connectivity index (χ3n) is 14.3. The standard InChI is InChI=1S/C48H54N6O4/c1-5-29-27-53-21-17-31(29)23-43(53)45(35-15-19-49-41-13-11-33(55-3)25-39(35)41)57-47-37-9-7-8-10-38(37)48(52-51-47)58-46(44-24-32-18-22-54(44)28-30(32)6-2)36-16-20-50-42-14-12-34(56-4)26-40(36)42/h7-16,19-20,25-26,29-32,43-46H,5-6,17-18,21-24,27-28H2,1-4H3/t29-,30-,31?,32?,43?,44?,45+,46+/m1/s1. The monoisotopic (exact) mass is 778 g/mol. The van der Waals surface area contributed by atoms with Crippen LogP contribution in [-0.2, 0) is 0 Å². The van der Waals surface area contributed by atoms with Crippen molar-refractivity contribution in [3.05, 3.63) is 96.3 Å². The summed E-state index contributed by atoms with van der Waals surface area (Å²) in [6, 6.07) is 25.1. The summed E-state index contributed by atoms with van der Waals surface area (Å²) in [5.41, 5.74) is 4.01. The SMILES string of the molecule is CC[C@@H]1CN2CCC1CC2[C@@H](Oc1nnc(O[C@@H](c2ccnc3ccc(OC)cc23)C2CC3CCN2C[C@H]3CC)c2ccccc12)c1ccnc2ccc(OC)cc12. The van der Waals surface area contributed by atoms with E-state index in [0.29, 0.717) is 35.4 Å². The number of pyridine rings is 2. The van der Waals surface area contributed by atoms with Crippen molar-refractivity contribution in [2.24, 2.45) is 23.7 Å². The van der Waals surface area contributed by atoms with E-state index >= 15 is 0 Å². The van der Waals surface area contributed by atoms with Crippen LogP contribution >= 0.6 is 0 Å². The van der Waals surface area contributed by atoms with Crippen LogP contribution in [0.4, 0.5) is 0 Å². The first-order chi connectivity index (χ1) is 28.5. The fraction of sp³-hybridized carbons (Fsp3) is 0.458. The van der Waals surface area contributed by atoms with E-state index < -0.39 is 0 Å².